The van der Waals surface area contributed by atoms with Gasteiger partial charge in [0.25, 0.3) is 0 Å². The molecule has 4 heteroatoms. The molecule has 1 saturated heterocycles. The molecule has 0 atom stereocenters. The highest BCUT2D eigenvalue weighted by Crippen LogP contribution is 2.32. The van der Waals surface area contributed by atoms with Gasteiger partial charge in [0.2, 0.25) is 0 Å². The van der Waals surface area contributed by atoms with Crippen LogP contribution in [0.1, 0.15) is 44.9 Å². The van der Waals surface area contributed by atoms with Gasteiger partial charge < -0.3 is 14.7 Å². The normalized spacial score (nSPS) is 24.5. The first-order valence-electron chi connectivity index (χ1n) is 7.62. The molecule has 4 nitrogen and oxygen atoms in total. The van der Waals surface area contributed by atoms with Crippen molar-refractivity contribution in [2.24, 2.45) is 11.3 Å². The van der Waals surface area contributed by atoms with E-state index >= 15 is 0 Å². The molecule has 0 amide bonds. The Kier molecular flexibility index (Phi) is 5.22. The van der Waals surface area contributed by atoms with Gasteiger partial charge in [-0.1, -0.05) is 19.3 Å². The van der Waals surface area contributed by atoms with Crippen LogP contribution in [0.15, 0.2) is 0 Å². The Morgan fingerprint density at radius 1 is 1.26 bits per heavy atom. The van der Waals surface area contributed by atoms with Crippen molar-refractivity contribution in [3.05, 3.63) is 0 Å². The van der Waals surface area contributed by atoms with Crippen molar-refractivity contribution in [2.45, 2.75) is 44.9 Å². The van der Waals surface area contributed by atoms with Crippen LogP contribution in [0.5, 0.6) is 0 Å². The summed E-state index contributed by atoms with van der Waals surface area (Å²) in [6.45, 7) is 2.89. The Balaban J connectivity index is 1.87. The third kappa shape index (κ3) is 3.93. The minimum atomic E-state index is -0.647. The summed E-state index contributed by atoms with van der Waals surface area (Å²) in [5.41, 5.74) is -0.582. The standard InChI is InChI=1S/C15H27NO3/c1-16(11-13-5-3-2-4-6-13)12-15(14(17)18)7-9-19-10-8-15/h13H,2-12H2,1H3,(H,17,18). The molecule has 0 spiro atoms. The van der Waals surface area contributed by atoms with Crippen LogP contribution in [0, 0.1) is 11.3 Å². The molecule has 0 bridgehead atoms. The molecule has 0 unspecified atom stereocenters. The number of ether oxygens (including phenoxy) is 1. The average Bonchev–Trinajstić information content (AvgIpc) is 2.40. The van der Waals surface area contributed by atoms with Gasteiger partial charge >= 0.3 is 5.97 Å². The summed E-state index contributed by atoms with van der Waals surface area (Å²) < 4.78 is 5.32. The van der Waals surface area contributed by atoms with E-state index in [0.29, 0.717) is 32.6 Å². The molecule has 1 heterocycles. The first-order chi connectivity index (χ1) is 9.12. The fourth-order valence-corrected chi connectivity index (χ4v) is 3.59. The van der Waals surface area contributed by atoms with E-state index < -0.39 is 11.4 Å². The molecule has 0 aromatic carbocycles. The maximum absolute atomic E-state index is 11.6. The largest absolute Gasteiger partial charge is 0.481 e. The van der Waals surface area contributed by atoms with Crippen LogP contribution in [-0.2, 0) is 9.53 Å². The molecule has 110 valence electrons. The monoisotopic (exact) mass is 269 g/mol. The zero-order valence-corrected chi connectivity index (χ0v) is 12.1. The summed E-state index contributed by atoms with van der Waals surface area (Å²) >= 11 is 0. The van der Waals surface area contributed by atoms with E-state index in [2.05, 4.69) is 11.9 Å². The smallest absolute Gasteiger partial charge is 0.311 e. The predicted molar refractivity (Wildman–Crippen MR) is 74.2 cm³/mol. The molecule has 2 fully saturated rings. The highest BCUT2D eigenvalue weighted by Gasteiger charge is 2.41. The van der Waals surface area contributed by atoms with Gasteiger partial charge in [0.1, 0.15) is 0 Å². The fourth-order valence-electron chi connectivity index (χ4n) is 3.59. The minimum Gasteiger partial charge on any atom is -0.481 e. The predicted octanol–water partition coefficient (Wildman–Crippen LogP) is 2.38. The number of nitrogens with zero attached hydrogens (tertiary/aromatic N) is 1. The molecular formula is C15H27NO3. The van der Waals surface area contributed by atoms with Crippen molar-refractivity contribution in [2.75, 3.05) is 33.4 Å². The van der Waals surface area contributed by atoms with Crippen LogP contribution in [0.25, 0.3) is 0 Å². The Morgan fingerprint density at radius 2 is 1.89 bits per heavy atom. The lowest BCUT2D eigenvalue weighted by atomic mass is 9.79. The second kappa shape index (κ2) is 6.71. The first-order valence-corrected chi connectivity index (χ1v) is 7.62. The third-order valence-corrected chi connectivity index (χ3v) is 4.77. The SMILES string of the molecule is CN(CC1CCCCC1)CC1(C(=O)O)CCOCC1. The van der Waals surface area contributed by atoms with Gasteiger partial charge in [-0.25, -0.2) is 0 Å². The number of hydrogen-bond donors (Lipinski definition) is 1. The van der Waals surface area contributed by atoms with Crippen LogP contribution in [-0.4, -0.2) is 49.3 Å². The van der Waals surface area contributed by atoms with Crippen LogP contribution >= 0.6 is 0 Å². The maximum Gasteiger partial charge on any atom is 0.311 e. The molecule has 0 aromatic rings. The molecule has 2 aliphatic rings. The van der Waals surface area contributed by atoms with E-state index in [-0.39, 0.29) is 0 Å². The maximum atomic E-state index is 11.6. The molecule has 2 rings (SSSR count). The third-order valence-electron chi connectivity index (χ3n) is 4.77. The van der Waals surface area contributed by atoms with Crippen LogP contribution < -0.4 is 0 Å². The van der Waals surface area contributed by atoms with E-state index in [9.17, 15) is 9.90 Å². The minimum absolute atomic E-state index is 0.582. The molecule has 19 heavy (non-hydrogen) atoms. The highest BCUT2D eigenvalue weighted by molar-refractivity contribution is 5.75. The van der Waals surface area contributed by atoms with Crippen molar-refractivity contribution in [1.82, 2.24) is 4.90 Å². The second-order valence-electron chi connectivity index (χ2n) is 6.40. The van der Waals surface area contributed by atoms with Crippen molar-refractivity contribution in [1.29, 1.82) is 0 Å². The van der Waals surface area contributed by atoms with E-state index in [4.69, 9.17) is 4.74 Å². The number of carboxylic acids is 1. The molecule has 1 aliphatic carbocycles. The lowest BCUT2D eigenvalue weighted by Gasteiger charge is -2.37. The summed E-state index contributed by atoms with van der Waals surface area (Å²) in [7, 11) is 2.08. The van der Waals surface area contributed by atoms with E-state index in [1.54, 1.807) is 0 Å². The van der Waals surface area contributed by atoms with Crippen LogP contribution in [0.4, 0.5) is 0 Å². The van der Waals surface area contributed by atoms with Gasteiger partial charge in [-0.3, -0.25) is 4.79 Å². The van der Waals surface area contributed by atoms with Gasteiger partial charge in [-0.2, -0.15) is 0 Å². The van der Waals surface area contributed by atoms with E-state index in [1.165, 1.54) is 32.1 Å². The molecule has 0 aromatic heterocycles. The average molecular weight is 269 g/mol. The number of carbonyl (C=O) groups is 1. The van der Waals surface area contributed by atoms with Gasteiger partial charge in [0, 0.05) is 26.3 Å². The number of carboxylic acid groups (broad SMARTS) is 1. The summed E-state index contributed by atoms with van der Waals surface area (Å²) in [6, 6.07) is 0. The zero-order valence-electron chi connectivity index (χ0n) is 12.1. The molecule has 1 N–H and O–H groups in total. The molecular weight excluding hydrogens is 242 g/mol. The fraction of sp³-hybridized carbons (Fsp3) is 0.933. The topological polar surface area (TPSA) is 49.8 Å². The zero-order chi connectivity index (χ0) is 13.7. The summed E-state index contributed by atoms with van der Waals surface area (Å²) in [6.07, 6.45) is 7.99. The van der Waals surface area contributed by atoms with E-state index in [0.717, 1.165) is 12.5 Å². The number of hydrogen-bond acceptors (Lipinski definition) is 3. The second-order valence-corrected chi connectivity index (χ2v) is 6.40. The van der Waals surface area contributed by atoms with Gasteiger partial charge in [0.05, 0.1) is 5.41 Å². The molecule has 0 radical (unpaired) electrons. The van der Waals surface area contributed by atoms with Gasteiger partial charge in [-0.15, -0.1) is 0 Å². The van der Waals surface area contributed by atoms with Crippen molar-refractivity contribution in [3.63, 3.8) is 0 Å². The quantitative estimate of drug-likeness (QED) is 0.832. The number of rotatable bonds is 5. The highest BCUT2D eigenvalue weighted by atomic mass is 16.5. The van der Waals surface area contributed by atoms with E-state index in [1.807, 2.05) is 0 Å². The number of aliphatic carboxylic acids is 1. The Bertz CT molecular complexity index is 294. The van der Waals surface area contributed by atoms with Gasteiger partial charge in [-0.05, 0) is 38.6 Å². The Morgan fingerprint density at radius 3 is 2.47 bits per heavy atom. The van der Waals surface area contributed by atoms with Crippen LogP contribution in [0.3, 0.4) is 0 Å². The summed E-state index contributed by atoms with van der Waals surface area (Å²) in [4.78, 5) is 13.9. The molecule has 1 saturated carbocycles. The van der Waals surface area contributed by atoms with Crippen LogP contribution in [0.2, 0.25) is 0 Å². The van der Waals surface area contributed by atoms with Crippen molar-refractivity contribution in [3.8, 4) is 0 Å². The summed E-state index contributed by atoms with van der Waals surface area (Å²) in [5.74, 6) is 0.121. The van der Waals surface area contributed by atoms with Gasteiger partial charge in [0.15, 0.2) is 0 Å². The summed E-state index contributed by atoms with van der Waals surface area (Å²) in [5, 5.41) is 9.56. The Hall–Kier alpha value is -0.610. The van der Waals surface area contributed by atoms with Crippen molar-refractivity contribution >= 4 is 5.97 Å². The van der Waals surface area contributed by atoms with Crippen molar-refractivity contribution < 1.29 is 14.6 Å². The Labute approximate surface area is 116 Å². The lowest BCUT2D eigenvalue weighted by molar-refractivity contribution is -0.156. The first kappa shape index (κ1) is 14.8. The molecule has 1 aliphatic heterocycles. The lowest BCUT2D eigenvalue weighted by Crippen LogP contribution is -2.46.